The Kier molecular flexibility index (Phi) is 2.15. The van der Waals surface area contributed by atoms with Crippen LogP contribution in [0.25, 0.3) is 0 Å². The summed E-state index contributed by atoms with van der Waals surface area (Å²) in [5.74, 6) is -1.22. The van der Waals surface area contributed by atoms with Crippen molar-refractivity contribution < 1.29 is 14.7 Å². The summed E-state index contributed by atoms with van der Waals surface area (Å²) in [5, 5.41) is 8.82. The third kappa shape index (κ3) is 1.56. The molecule has 78 valence electrons. The molecule has 0 unspecified atom stereocenters. The molecule has 2 rings (SSSR count). The summed E-state index contributed by atoms with van der Waals surface area (Å²) in [6, 6.07) is 1.33. The lowest BCUT2D eigenvalue weighted by Gasteiger charge is -2.14. The Morgan fingerprint density at radius 3 is 2.87 bits per heavy atom. The minimum Gasteiger partial charge on any atom is -0.478 e. The highest BCUT2D eigenvalue weighted by Gasteiger charge is 2.22. The Morgan fingerprint density at radius 1 is 1.47 bits per heavy atom. The predicted molar refractivity (Wildman–Crippen MR) is 52.9 cm³/mol. The summed E-state index contributed by atoms with van der Waals surface area (Å²) < 4.78 is 0. The van der Waals surface area contributed by atoms with Crippen LogP contribution in [0.2, 0.25) is 0 Å². The highest BCUT2D eigenvalue weighted by molar-refractivity contribution is 6.01. The van der Waals surface area contributed by atoms with E-state index in [1.165, 1.54) is 6.07 Å². The van der Waals surface area contributed by atoms with Crippen LogP contribution in [0.4, 0.5) is 5.82 Å². The van der Waals surface area contributed by atoms with Gasteiger partial charge in [-0.15, -0.1) is 0 Å². The largest absolute Gasteiger partial charge is 0.478 e. The molecule has 3 N–H and O–H groups in total. The number of fused-ring (bicyclic) bond motifs is 1. The van der Waals surface area contributed by atoms with E-state index >= 15 is 0 Å². The third-order valence-corrected chi connectivity index (χ3v) is 2.48. The van der Waals surface area contributed by atoms with Crippen molar-refractivity contribution in [2.45, 2.75) is 19.3 Å². The number of hydrogen-bond acceptors (Lipinski definition) is 4. The van der Waals surface area contributed by atoms with Crippen molar-refractivity contribution in [1.82, 2.24) is 4.98 Å². The average Bonchev–Trinajstić information content (AvgIpc) is 2.16. The van der Waals surface area contributed by atoms with Crippen LogP contribution >= 0.6 is 0 Å². The van der Waals surface area contributed by atoms with Crippen LogP contribution in [0.15, 0.2) is 6.07 Å². The number of anilines is 1. The Balaban J connectivity index is 2.60. The fraction of sp³-hybridized carbons (Fsp3) is 0.300. The minimum atomic E-state index is -1.15. The van der Waals surface area contributed by atoms with E-state index in [0.717, 1.165) is 6.42 Å². The second kappa shape index (κ2) is 3.34. The van der Waals surface area contributed by atoms with Crippen molar-refractivity contribution in [3.8, 4) is 0 Å². The van der Waals surface area contributed by atoms with Crippen molar-refractivity contribution in [3.05, 3.63) is 22.9 Å². The number of ketones is 1. The molecule has 0 aliphatic heterocycles. The van der Waals surface area contributed by atoms with Crippen molar-refractivity contribution in [3.63, 3.8) is 0 Å². The number of nitrogens with zero attached hydrogens (tertiary/aromatic N) is 1. The molecule has 1 heterocycles. The first-order valence-electron chi connectivity index (χ1n) is 4.65. The minimum absolute atomic E-state index is 0.0176. The molecule has 1 aromatic heterocycles. The highest BCUT2D eigenvalue weighted by Crippen LogP contribution is 2.23. The van der Waals surface area contributed by atoms with Crippen LogP contribution in [-0.2, 0) is 6.42 Å². The van der Waals surface area contributed by atoms with Crippen LogP contribution in [0, 0.1) is 0 Å². The highest BCUT2D eigenvalue weighted by atomic mass is 16.4. The summed E-state index contributed by atoms with van der Waals surface area (Å²) in [6.45, 7) is 0. The van der Waals surface area contributed by atoms with Crippen LogP contribution in [0.1, 0.15) is 39.3 Å². The molecular formula is C10H10N2O3. The van der Waals surface area contributed by atoms with E-state index < -0.39 is 5.97 Å². The number of nitrogens with two attached hydrogens (primary N) is 1. The topological polar surface area (TPSA) is 93.3 Å². The van der Waals surface area contributed by atoms with Gasteiger partial charge in [0, 0.05) is 12.0 Å². The lowest BCUT2D eigenvalue weighted by molar-refractivity contribution is 0.0697. The first-order valence-corrected chi connectivity index (χ1v) is 4.65. The summed E-state index contributed by atoms with van der Waals surface area (Å²) in [6.07, 6.45) is 1.90. The smallest absolute Gasteiger partial charge is 0.339 e. The normalized spacial score (nSPS) is 14.8. The number of aromatic nitrogens is 1. The fourth-order valence-corrected chi connectivity index (χ4v) is 1.72. The van der Waals surface area contributed by atoms with Gasteiger partial charge in [-0.3, -0.25) is 4.79 Å². The van der Waals surface area contributed by atoms with Gasteiger partial charge in [-0.1, -0.05) is 0 Å². The number of Topliss-reactive ketones (excluding diaryl/α,β-unsaturated/α-hetero) is 1. The molecule has 0 amide bonds. The third-order valence-electron chi connectivity index (χ3n) is 2.48. The van der Waals surface area contributed by atoms with Crippen LogP contribution in [0.5, 0.6) is 0 Å². The van der Waals surface area contributed by atoms with Crippen molar-refractivity contribution in [2.24, 2.45) is 0 Å². The molecule has 15 heavy (non-hydrogen) atoms. The monoisotopic (exact) mass is 206 g/mol. The maximum Gasteiger partial charge on any atom is 0.339 e. The molecule has 1 aliphatic rings. The summed E-state index contributed by atoms with van der Waals surface area (Å²) in [5.41, 5.74) is 6.42. The molecule has 0 saturated heterocycles. The van der Waals surface area contributed by atoms with E-state index in [1.54, 1.807) is 0 Å². The van der Waals surface area contributed by atoms with Gasteiger partial charge >= 0.3 is 5.97 Å². The molecule has 0 spiro atoms. The number of nitrogen functional groups attached to an aromatic ring is 1. The van der Waals surface area contributed by atoms with E-state index in [1.807, 2.05) is 0 Å². The molecule has 0 aromatic carbocycles. The number of carbonyl (C=O) groups excluding carboxylic acids is 1. The number of hydrogen-bond donors (Lipinski definition) is 2. The lowest BCUT2D eigenvalue weighted by atomic mass is 9.93. The van der Waals surface area contributed by atoms with Gasteiger partial charge in [-0.05, 0) is 18.9 Å². The first-order chi connectivity index (χ1) is 7.09. The lowest BCUT2D eigenvalue weighted by Crippen LogP contribution is -2.16. The first kappa shape index (κ1) is 9.64. The molecule has 0 fully saturated rings. The Hall–Kier alpha value is -1.91. The van der Waals surface area contributed by atoms with Crippen molar-refractivity contribution >= 4 is 17.6 Å². The number of rotatable bonds is 1. The van der Waals surface area contributed by atoms with Gasteiger partial charge in [0.2, 0.25) is 0 Å². The second-order valence-corrected chi connectivity index (χ2v) is 3.50. The van der Waals surface area contributed by atoms with Gasteiger partial charge in [0.25, 0.3) is 0 Å². The van der Waals surface area contributed by atoms with E-state index in [2.05, 4.69) is 4.98 Å². The summed E-state index contributed by atoms with van der Waals surface area (Å²) in [7, 11) is 0. The molecular weight excluding hydrogens is 196 g/mol. The SMILES string of the molecule is Nc1nc2c(cc1C(=O)O)C(=O)CCC2. The van der Waals surface area contributed by atoms with Gasteiger partial charge in [0.15, 0.2) is 5.78 Å². The zero-order chi connectivity index (χ0) is 11.0. The van der Waals surface area contributed by atoms with E-state index in [0.29, 0.717) is 24.1 Å². The molecule has 0 bridgehead atoms. The number of aromatic carboxylic acids is 1. The van der Waals surface area contributed by atoms with Gasteiger partial charge in [-0.25, -0.2) is 9.78 Å². The molecule has 5 heteroatoms. The van der Waals surface area contributed by atoms with Crippen LogP contribution < -0.4 is 5.73 Å². The quantitative estimate of drug-likeness (QED) is 0.711. The zero-order valence-corrected chi connectivity index (χ0v) is 7.99. The fourth-order valence-electron chi connectivity index (χ4n) is 1.72. The number of pyridine rings is 1. The van der Waals surface area contributed by atoms with E-state index in [9.17, 15) is 9.59 Å². The van der Waals surface area contributed by atoms with Gasteiger partial charge in [0.1, 0.15) is 11.4 Å². The Labute approximate surface area is 85.9 Å². The van der Waals surface area contributed by atoms with Crippen molar-refractivity contribution in [1.29, 1.82) is 0 Å². The molecule has 0 atom stereocenters. The van der Waals surface area contributed by atoms with E-state index in [-0.39, 0.29) is 17.2 Å². The molecule has 0 radical (unpaired) electrons. The molecule has 1 aliphatic carbocycles. The molecule has 1 aromatic rings. The molecule has 0 saturated carbocycles. The predicted octanol–water partition coefficient (Wildman–Crippen LogP) is 0.881. The van der Waals surface area contributed by atoms with Gasteiger partial charge in [-0.2, -0.15) is 0 Å². The maximum absolute atomic E-state index is 11.5. The zero-order valence-electron chi connectivity index (χ0n) is 7.99. The average molecular weight is 206 g/mol. The van der Waals surface area contributed by atoms with Crippen LogP contribution in [0.3, 0.4) is 0 Å². The van der Waals surface area contributed by atoms with Gasteiger partial charge < -0.3 is 10.8 Å². The molecule has 5 nitrogen and oxygen atoms in total. The summed E-state index contributed by atoms with van der Waals surface area (Å²) >= 11 is 0. The van der Waals surface area contributed by atoms with Crippen molar-refractivity contribution in [2.75, 3.05) is 5.73 Å². The van der Waals surface area contributed by atoms with Gasteiger partial charge in [0.05, 0.1) is 5.69 Å². The summed E-state index contributed by atoms with van der Waals surface area (Å²) in [4.78, 5) is 26.2. The Morgan fingerprint density at radius 2 is 2.20 bits per heavy atom. The number of carboxylic acids is 1. The number of aryl methyl sites for hydroxylation is 1. The second-order valence-electron chi connectivity index (χ2n) is 3.50. The maximum atomic E-state index is 11.5. The Bertz CT molecular complexity index is 454. The standard InChI is InChI=1S/C10H10N2O3/c11-9-6(10(14)15)4-5-7(12-9)2-1-3-8(5)13/h4H,1-3H2,(H2,11,12)(H,14,15). The number of carbonyl (C=O) groups is 2. The number of carboxylic acid groups (broad SMARTS) is 1. The van der Waals surface area contributed by atoms with Crippen LogP contribution in [-0.4, -0.2) is 21.8 Å². The van der Waals surface area contributed by atoms with E-state index in [4.69, 9.17) is 10.8 Å².